The van der Waals surface area contributed by atoms with Crippen molar-refractivity contribution in [3.63, 3.8) is 0 Å². The van der Waals surface area contributed by atoms with E-state index in [0.29, 0.717) is 0 Å². The molecule has 1 N–H and O–H groups in total. The van der Waals surface area contributed by atoms with E-state index in [-0.39, 0.29) is 0 Å². The van der Waals surface area contributed by atoms with E-state index in [2.05, 4.69) is 26.3 Å². The summed E-state index contributed by atoms with van der Waals surface area (Å²) < 4.78 is 3.01. The second-order valence-corrected chi connectivity index (χ2v) is 3.16. The van der Waals surface area contributed by atoms with Crippen molar-refractivity contribution in [1.29, 1.82) is 0 Å². The summed E-state index contributed by atoms with van der Waals surface area (Å²) in [6.07, 6.45) is 4.09. The fourth-order valence-corrected chi connectivity index (χ4v) is 1.58. The van der Waals surface area contributed by atoms with Crippen molar-refractivity contribution >= 4 is 15.9 Å². The van der Waals surface area contributed by atoms with Crippen molar-refractivity contribution < 1.29 is 0 Å². The molecule has 3 nitrogen and oxygen atoms in total. The number of fused-ring (bicyclic) bond motifs is 1. The smallest absolute Gasteiger partial charge is 0.128 e. The van der Waals surface area contributed by atoms with Gasteiger partial charge in [-0.3, -0.25) is 0 Å². The van der Waals surface area contributed by atoms with Crippen LogP contribution in [-0.4, -0.2) is 16.2 Å². The van der Waals surface area contributed by atoms with Gasteiger partial charge in [-0.15, -0.1) is 0 Å². The highest BCUT2D eigenvalue weighted by atomic mass is 79.9. The topological polar surface area (TPSA) is 29.9 Å². The number of hydrogen-bond acceptors (Lipinski definition) is 2. The van der Waals surface area contributed by atoms with E-state index in [1.807, 2.05) is 10.9 Å². The van der Waals surface area contributed by atoms with Crippen molar-refractivity contribution in [2.24, 2.45) is 0 Å². The third kappa shape index (κ3) is 0.831. The van der Waals surface area contributed by atoms with Gasteiger partial charge in [-0.1, -0.05) is 0 Å². The first-order valence-electron chi connectivity index (χ1n) is 3.34. The summed E-state index contributed by atoms with van der Waals surface area (Å²) in [5, 5.41) is 0. The molecule has 0 atom stereocenters. The zero-order valence-corrected chi connectivity index (χ0v) is 7.06. The Morgan fingerprint density at radius 3 is 3.40 bits per heavy atom. The lowest BCUT2D eigenvalue weighted by atomic mass is 10.3. The first-order chi connectivity index (χ1) is 4.88. The second-order valence-electron chi connectivity index (χ2n) is 2.34. The van der Waals surface area contributed by atoms with Crippen LogP contribution in [0, 0.1) is 0 Å². The molecule has 0 aliphatic carbocycles. The summed E-state index contributed by atoms with van der Waals surface area (Å²) in [4.78, 5) is 4.21. The molecular formula is C6H8BrN3. The number of aromatic nitrogens is 2. The minimum atomic E-state index is 1.02. The maximum Gasteiger partial charge on any atom is 0.128 e. The Balaban J connectivity index is 2.45. The lowest BCUT2D eigenvalue weighted by molar-refractivity contribution is 0.641. The quantitative estimate of drug-likeness (QED) is 0.683. The molecule has 0 saturated carbocycles. The van der Waals surface area contributed by atoms with Crippen molar-refractivity contribution in [3.05, 3.63) is 16.6 Å². The van der Waals surface area contributed by atoms with Gasteiger partial charge in [-0.05, 0) is 22.4 Å². The van der Waals surface area contributed by atoms with Crippen molar-refractivity contribution in [2.75, 3.05) is 12.0 Å². The van der Waals surface area contributed by atoms with Crippen LogP contribution in [0.5, 0.6) is 0 Å². The van der Waals surface area contributed by atoms with Crippen LogP contribution in [0.3, 0.4) is 0 Å². The number of rotatable bonds is 0. The Labute approximate surface area is 67.5 Å². The van der Waals surface area contributed by atoms with Gasteiger partial charge in [0.25, 0.3) is 0 Å². The zero-order chi connectivity index (χ0) is 6.97. The Hall–Kier alpha value is -0.510. The van der Waals surface area contributed by atoms with Crippen LogP contribution in [0.15, 0.2) is 10.8 Å². The van der Waals surface area contributed by atoms with Gasteiger partial charge in [0.05, 0.1) is 6.20 Å². The SMILES string of the molecule is Brc1cnc2n1NCCC2. The molecule has 54 valence electrons. The van der Waals surface area contributed by atoms with Gasteiger partial charge in [-0.25, -0.2) is 9.66 Å². The van der Waals surface area contributed by atoms with E-state index in [1.165, 1.54) is 6.42 Å². The molecule has 0 saturated heterocycles. The molecule has 2 rings (SSSR count). The molecule has 0 aromatic carbocycles. The van der Waals surface area contributed by atoms with Crippen molar-refractivity contribution in [3.8, 4) is 0 Å². The van der Waals surface area contributed by atoms with Gasteiger partial charge in [-0.2, -0.15) is 0 Å². The molecule has 2 heterocycles. The van der Waals surface area contributed by atoms with Crippen LogP contribution in [0.1, 0.15) is 12.2 Å². The minimum absolute atomic E-state index is 1.02. The lowest BCUT2D eigenvalue weighted by Crippen LogP contribution is -2.24. The molecule has 0 fully saturated rings. The Morgan fingerprint density at radius 2 is 2.60 bits per heavy atom. The molecule has 1 aromatic heterocycles. The molecule has 10 heavy (non-hydrogen) atoms. The highest BCUT2D eigenvalue weighted by Crippen LogP contribution is 2.14. The van der Waals surface area contributed by atoms with Crippen LogP contribution in [0.2, 0.25) is 0 Å². The Kier molecular flexibility index (Phi) is 1.41. The predicted molar refractivity (Wildman–Crippen MR) is 42.5 cm³/mol. The summed E-state index contributed by atoms with van der Waals surface area (Å²) in [5.74, 6) is 1.12. The van der Waals surface area contributed by atoms with Gasteiger partial charge < -0.3 is 5.43 Å². The number of nitrogens with zero attached hydrogens (tertiary/aromatic N) is 2. The highest BCUT2D eigenvalue weighted by molar-refractivity contribution is 9.10. The fourth-order valence-electron chi connectivity index (χ4n) is 1.15. The van der Waals surface area contributed by atoms with E-state index in [0.717, 1.165) is 23.4 Å². The number of halogens is 1. The summed E-state index contributed by atoms with van der Waals surface area (Å²) in [6, 6.07) is 0. The summed E-state index contributed by atoms with van der Waals surface area (Å²) >= 11 is 3.39. The number of imidazole rings is 1. The van der Waals surface area contributed by atoms with Gasteiger partial charge in [0, 0.05) is 13.0 Å². The Morgan fingerprint density at radius 1 is 1.70 bits per heavy atom. The van der Waals surface area contributed by atoms with E-state index in [4.69, 9.17) is 0 Å². The first-order valence-corrected chi connectivity index (χ1v) is 4.13. The number of aryl methyl sites for hydroxylation is 1. The Bertz CT molecular complexity index is 243. The molecule has 4 heteroatoms. The molecule has 1 aliphatic heterocycles. The largest absolute Gasteiger partial charge is 0.324 e. The molecular weight excluding hydrogens is 194 g/mol. The predicted octanol–water partition coefficient (Wildman–Crippen LogP) is 1.14. The van der Waals surface area contributed by atoms with Crippen molar-refractivity contribution in [2.45, 2.75) is 12.8 Å². The average Bonchev–Trinajstić information content (AvgIpc) is 2.34. The van der Waals surface area contributed by atoms with Crippen LogP contribution in [0.25, 0.3) is 0 Å². The third-order valence-corrected chi connectivity index (χ3v) is 2.20. The van der Waals surface area contributed by atoms with E-state index < -0.39 is 0 Å². The molecule has 0 spiro atoms. The monoisotopic (exact) mass is 201 g/mol. The van der Waals surface area contributed by atoms with Gasteiger partial charge in [0.2, 0.25) is 0 Å². The van der Waals surface area contributed by atoms with E-state index in [1.54, 1.807) is 0 Å². The number of nitrogens with one attached hydrogen (secondary N) is 1. The van der Waals surface area contributed by atoms with Crippen LogP contribution < -0.4 is 5.43 Å². The molecule has 0 amide bonds. The molecule has 0 radical (unpaired) electrons. The lowest BCUT2D eigenvalue weighted by Gasteiger charge is -2.16. The average molecular weight is 202 g/mol. The van der Waals surface area contributed by atoms with Gasteiger partial charge in [0.15, 0.2) is 0 Å². The molecule has 0 bridgehead atoms. The summed E-state index contributed by atoms with van der Waals surface area (Å²) in [6.45, 7) is 1.04. The fraction of sp³-hybridized carbons (Fsp3) is 0.500. The van der Waals surface area contributed by atoms with Crippen LogP contribution >= 0.6 is 15.9 Å². The summed E-state index contributed by atoms with van der Waals surface area (Å²) in [7, 11) is 0. The second kappa shape index (κ2) is 2.27. The van der Waals surface area contributed by atoms with Gasteiger partial charge >= 0.3 is 0 Å². The third-order valence-electron chi connectivity index (χ3n) is 1.64. The highest BCUT2D eigenvalue weighted by Gasteiger charge is 2.10. The standard InChI is InChI=1S/C6H8BrN3/c7-5-4-8-6-2-1-3-9-10(5)6/h4,9H,1-3H2. The zero-order valence-electron chi connectivity index (χ0n) is 5.47. The molecule has 1 aromatic rings. The van der Waals surface area contributed by atoms with E-state index >= 15 is 0 Å². The normalized spacial score (nSPS) is 16.1. The van der Waals surface area contributed by atoms with Crippen LogP contribution in [-0.2, 0) is 6.42 Å². The maximum atomic E-state index is 4.21. The minimum Gasteiger partial charge on any atom is -0.324 e. The van der Waals surface area contributed by atoms with Gasteiger partial charge in [0.1, 0.15) is 10.4 Å². The molecule has 0 unspecified atom stereocenters. The van der Waals surface area contributed by atoms with E-state index in [9.17, 15) is 0 Å². The first kappa shape index (κ1) is 6.22. The number of hydrogen-bond donors (Lipinski definition) is 1. The maximum absolute atomic E-state index is 4.21. The molecule has 1 aliphatic rings. The summed E-state index contributed by atoms with van der Waals surface area (Å²) in [5.41, 5.74) is 3.22. The van der Waals surface area contributed by atoms with Crippen LogP contribution in [0.4, 0.5) is 0 Å². The van der Waals surface area contributed by atoms with Crippen molar-refractivity contribution in [1.82, 2.24) is 9.66 Å².